The Morgan fingerprint density at radius 3 is 2.54 bits per heavy atom. The molecular weight excluding hydrogens is 359 g/mol. The van der Waals surface area contributed by atoms with Gasteiger partial charge in [0.15, 0.2) is 0 Å². The van der Waals surface area contributed by atoms with Crippen LogP contribution < -0.4 is 4.74 Å². The molecule has 0 saturated heterocycles. The summed E-state index contributed by atoms with van der Waals surface area (Å²) in [6.07, 6.45) is 3.75. The molecule has 0 radical (unpaired) electrons. The number of benzene rings is 1. The molecule has 0 amide bonds. The van der Waals surface area contributed by atoms with Gasteiger partial charge in [0.1, 0.15) is 23.7 Å². The number of phenols is 1. The van der Waals surface area contributed by atoms with Crippen LogP contribution in [0.4, 0.5) is 0 Å². The van der Waals surface area contributed by atoms with Gasteiger partial charge < -0.3 is 23.6 Å². The third kappa shape index (κ3) is 3.85. The molecule has 142 valence electrons. The third-order valence-electron chi connectivity index (χ3n) is 4.30. The van der Waals surface area contributed by atoms with Gasteiger partial charge in [0.25, 0.3) is 0 Å². The van der Waals surface area contributed by atoms with Crippen molar-refractivity contribution in [3.05, 3.63) is 45.8 Å². The van der Waals surface area contributed by atoms with Crippen molar-refractivity contribution in [1.29, 1.82) is 0 Å². The lowest BCUT2D eigenvalue weighted by molar-refractivity contribution is 0.0533. The van der Waals surface area contributed by atoms with Crippen molar-refractivity contribution in [3.8, 4) is 11.5 Å². The van der Waals surface area contributed by atoms with Crippen LogP contribution in [0.5, 0.6) is 11.5 Å². The summed E-state index contributed by atoms with van der Waals surface area (Å²) >= 11 is 0. The molecule has 0 aromatic heterocycles. The summed E-state index contributed by atoms with van der Waals surface area (Å²) in [5, 5.41) is 10.6. The van der Waals surface area contributed by atoms with Crippen LogP contribution in [0, 0.1) is 6.92 Å². The first-order chi connectivity index (χ1) is 12.3. The van der Waals surface area contributed by atoms with Crippen molar-refractivity contribution in [2.75, 3.05) is 21.3 Å². The van der Waals surface area contributed by atoms with Crippen LogP contribution in [0.2, 0.25) is 0 Å². The average molecular weight is 382 g/mol. The predicted octanol–water partition coefficient (Wildman–Crippen LogP) is 3.87. The molecule has 1 N–H and O–H groups in total. The van der Waals surface area contributed by atoms with E-state index in [0.29, 0.717) is 23.3 Å². The van der Waals surface area contributed by atoms with Gasteiger partial charge in [-0.25, -0.2) is 4.79 Å². The summed E-state index contributed by atoms with van der Waals surface area (Å²) in [5.74, 6) is 1.22. The number of carbonyl (C=O) groups excluding carboxylic acids is 1. The normalized spacial score (nSPS) is 14.7. The highest BCUT2D eigenvalue weighted by molar-refractivity contribution is 7.57. The lowest BCUT2D eigenvalue weighted by atomic mass is 9.95. The molecule has 26 heavy (non-hydrogen) atoms. The molecule has 0 unspecified atom stereocenters. The number of aromatic hydroxyl groups is 1. The summed E-state index contributed by atoms with van der Waals surface area (Å²) in [7, 11) is 0.891. The number of hydrogen-bond acceptors (Lipinski definition) is 7. The number of carbonyl (C=O) groups is 1. The Morgan fingerprint density at radius 1 is 1.31 bits per heavy atom. The van der Waals surface area contributed by atoms with Gasteiger partial charge in [0.2, 0.25) is 0 Å². The lowest BCUT2D eigenvalue weighted by Crippen LogP contribution is -2.03. The number of esters is 1. The van der Waals surface area contributed by atoms with E-state index < -0.39 is 13.6 Å². The molecule has 1 aromatic carbocycles. The topological polar surface area (TPSA) is 91.3 Å². The standard InChI is InChI=1S/C18H23O7P/c1-11(8-9-26(21,23-4)24-5)6-7-13-16(19)15-14(10-25-18(15)20)12(2)17(13)22-3/h6,8-9,19H,7,10H2,1-5H3/b9-8+,11-6+. The van der Waals surface area contributed by atoms with E-state index >= 15 is 0 Å². The quantitative estimate of drug-likeness (QED) is 0.435. The van der Waals surface area contributed by atoms with Crippen LogP contribution in [-0.4, -0.2) is 32.4 Å². The monoisotopic (exact) mass is 382 g/mol. The Balaban J connectivity index is 2.37. The van der Waals surface area contributed by atoms with Crippen molar-refractivity contribution in [3.63, 3.8) is 0 Å². The third-order valence-corrected chi connectivity index (χ3v) is 5.84. The van der Waals surface area contributed by atoms with E-state index in [1.807, 2.05) is 19.9 Å². The maximum atomic E-state index is 12.0. The smallest absolute Gasteiger partial charge is 0.353 e. The zero-order valence-electron chi connectivity index (χ0n) is 15.5. The first-order valence-electron chi connectivity index (χ1n) is 7.93. The molecule has 7 nitrogen and oxygen atoms in total. The number of cyclic esters (lactones) is 1. The largest absolute Gasteiger partial charge is 0.507 e. The van der Waals surface area contributed by atoms with Crippen LogP contribution in [0.15, 0.2) is 23.5 Å². The van der Waals surface area contributed by atoms with Gasteiger partial charge in [-0.1, -0.05) is 17.7 Å². The van der Waals surface area contributed by atoms with Crippen molar-refractivity contribution in [1.82, 2.24) is 0 Å². The zero-order chi connectivity index (χ0) is 19.5. The van der Waals surface area contributed by atoms with Gasteiger partial charge in [-0.2, -0.15) is 0 Å². The molecule has 0 spiro atoms. The summed E-state index contributed by atoms with van der Waals surface area (Å²) < 4.78 is 32.2. The van der Waals surface area contributed by atoms with E-state index in [1.54, 1.807) is 6.08 Å². The van der Waals surface area contributed by atoms with Crippen LogP contribution in [0.3, 0.4) is 0 Å². The Bertz CT molecular complexity index is 816. The molecule has 0 aliphatic carbocycles. The molecule has 1 aliphatic heterocycles. The van der Waals surface area contributed by atoms with Crippen molar-refractivity contribution in [2.45, 2.75) is 26.9 Å². The Hall–Kier alpha value is -2.08. The molecular formula is C18H23O7P. The van der Waals surface area contributed by atoms with E-state index in [1.165, 1.54) is 27.1 Å². The molecule has 0 saturated carbocycles. The van der Waals surface area contributed by atoms with Crippen molar-refractivity contribution < 1.29 is 33.0 Å². The Kier molecular flexibility index (Phi) is 6.29. The van der Waals surface area contributed by atoms with E-state index in [-0.39, 0.29) is 17.9 Å². The molecule has 2 rings (SSSR count). The van der Waals surface area contributed by atoms with Gasteiger partial charge in [0, 0.05) is 31.2 Å². The molecule has 1 aromatic rings. The molecule has 1 heterocycles. The minimum Gasteiger partial charge on any atom is -0.507 e. The second-order valence-electron chi connectivity index (χ2n) is 5.79. The van der Waals surface area contributed by atoms with Gasteiger partial charge in [-0.05, 0) is 25.8 Å². The average Bonchev–Trinajstić information content (AvgIpc) is 3.03. The van der Waals surface area contributed by atoms with E-state index in [9.17, 15) is 14.5 Å². The molecule has 8 heteroatoms. The molecule has 0 bridgehead atoms. The number of allylic oxidation sites excluding steroid dienone is 3. The SMILES string of the molecule is COc1c(C)c2c(c(O)c1C/C=C(C)/C=C/P(=O)(OC)OC)C(=O)OC2. The zero-order valence-corrected chi connectivity index (χ0v) is 16.4. The summed E-state index contributed by atoms with van der Waals surface area (Å²) in [6, 6.07) is 0. The second kappa shape index (κ2) is 8.08. The van der Waals surface area contributed by atoms with Crippen molar-refractivity contribution >= 4 is 13.6 Å². The fourth-order valence-corrected chi connectivity index (χ4v) is 3.57. The fourth-order valence-electron chi connectivity index (χ4n) is 2.76. The summed E-state index contributed by atoms with van der Waals surface area (Å²) in [6.45, 7) is 3.77. The van der Waals surface area contributed by atoms with E-state index in [4.69, 9.17) is 18.5 Å². The number of fused-ring (bicyclic) bond motifs is 1. The van der Waals surface area contributed by atoms with Crippen molar-refractivity contribution in [2.24, 2.45) is 0 Å². The maximum Gasteiger partial charge on any atom is 0.353 e. The lowest BCUT2D eigenvalue weighted by Gasteiger charge is -2.15. The minimum atomic E-state index is -3.24. The number of phenolic OH excluding ortho intramolecular Hbond substituents is 1. The highest BCUT2D eigenvalue weighted by atomic mass is 31.2. The van der Waals surface area contributed by atoms with Gasteiger partial charge >= 0.3 is 13.6 Å². The summed E-state index contributed by atoms with van der Waals surface area (Å²) in [5.41, 5.74) is 2.89. The number of hydrogen-bond donors (Lipinski definition) is 1. The van der Waals surface area contributed by atoms with Gasteiger partial charge in [-0.3, -0.25) is 4.57 Å². The number of rotatable bonds is 7. The number of methoxy groups -OCH3 is 1. The first kappa shape index (κ1) is 20.2. The van der Waals surface area contributed by atoms with Gasteiger partial charge in [0.05, 0.1) is 7.11 Å². The first-order valence-corrected chi connectivity index (χ1v) is 9.54. The predicted molar refractivity (Wildman–Crippen MR) is 96.7 cm³/mol. The van der Waals surface area contributed by atoms with Crippen LogP contribution in [0.1, 0.15) is 34.0 Å². The van der Waals surface area contributed by atoms with E-state index in [0.717, 1.165) is 11.1 Å². The highest BCUT2D eigenvalue weighted by Gasteiger charge is 2.31. The highest BCUT2D eigenvalue weighted by Crippen LogP contribution is 2.48. The van der Waals surface area contributed by atoms with Crippen LogP contribution >= 0.6 is 7.60 Å². The van der Waals surface area contributed by atoms with E-state index in [2.05, 4.69) is 0 Å². The molecule has 1 aliphatic rings. The second-order valence-corrected chi connectivity index (χ2v) is 7.90. The molecule has 0 fully saturated rings. The fraction of sp³-hybridized carbons (Fsp3) is 0.389. The van der Waals surface area contributed by atoms with Gasteiger partial charge in [-0.15, -0.1) is 0 Å². The Morgan fingerprint density at radius 2 is 1.96 bits per heavy atom. The minimum absolute atomic E-state index is 0.127. The van der Waals surface area contributed by atoms with Crippen LogP contribution in [-0.2, 0) is 31.4 Å². The molecule has 0 atom stereocenters. The van der Waals surface area contributed by atoms with Crippen LogP contribution in [0.25, 0.3) is 0 Å². The Labute approximate surface area is 152 Å². The summed E-state index contributed by atoms with van der Waals surface area (Å²) in [4.78, 5) is 11.9. The maximum absolute atomic E-state index is 12.0. The number of ether oxygens (including phenoxy) is 2.